The van der Waals surface area contributed by atoms with Crippen LogP contribution in [0.15, 0.2) is 48.5 Å². The summed E-state index contributed by atoms with van der Waals surface area (Å²) in [5.41, 5.74) is 14.8. The van der Waals surface area contributed by atoms with Crippen molar-refractivity contribution < 1.29 is 9.90 Å². The first-order valence-electron chi connectivity index (χ1n) is 9.06. The quantitative estimate of drug-likeness (QED) is 0.424. The highest BCUT2D eigenvalue weighted by Crippen LogP contribution is 2.32. The summed E-state index contributed by atoms with van der Waals surface area (Å²) in [5.74, 6) is -0.284. The topological polar surface area (TPSA) is 141 Å². The number of aromatic amines is 1. The molecule has 0 saturated heterocycles. The molecule has 7 heteroatoms. The lowest BCUT2D eigenvalue weighted by atomic mass is 10.0. The Morgan fingerprint density at radius 2 is 1.93 bits per heavy atom. The van der Waals surface area contributed by atoms with Crippen LogP contribution in [-0.4, -0.2) is 41.2 Å². The van der Waals surface area contributed by atoms with E-state index in [0.717, 1.165) is 22.0 Å². The van der Waals surface area contributed by atoms with Gasteiger partial charge in [-0.2, -0.15) is 5.26 Å². The monoisotopic (exact) mass is 377 g/mol. The molecule has 1 heterocycles. The van der Waals surface area contributed by atoms with Crippen molar-refractivity contribution >= 4 is 16.8 Å². The molecule has 28 heavy (non-hydrogen) atoms. The molecule has 0 spiro atoms. The third kappa shape index (κ3) is 4.21. The number of fused-ring (bicyclic) bond motifs is 1. The van der Waals surface area contributed by atoms with Gasteiger partial charge in [-0.05, 0) is 30.2 Å². The first-order valence-corrected chi connectivity index (χ1v) is 9.06. The molecule has 1 aromatic heterocycles. The molecule has 0 aliphatic carbocycles. The second kappa shape index (κ2) is 8.67. The molecule has 1 amide bonds. The van der Waals surface area contributed by atoms with E-state index in [1.54, 1.807) is 12.1 Å². The van der Waals surface area contributed by atoms with Gasteiger partial charge in [0.05, 0.1) is 17.7 Å². The van der Waals surface area contributed by atoms with Crippen LogP contribution in [0.5, 0.6) is 0 Å². The van der Waals surface area contributed by atoms with Crippen LogP contribution < -0.4 is 16.8 Å². The largest absolute Gasteiger partial charge is 0.392 e. The zero-order valence-electron chi connectivity index (χ0n) is 15.4. The fourth-order valence-electron chi connectivity index (χ4n) is 3.16. The molecular weight excluding hydrogens is 354 g/mol. The zero-order chi connectivity index (χ0) is 20.1. The van der Waals surface area contributed by atoms with E-state index in [0.29, 0.717) is 17.7 Å². The summed E-state index contributed by atoms with van der Waals surface area (Å²) in [6.07, 6.45) is -0.374. The smallest absolute Gasteiger partial charge is 0.268 e. The Morgan fingerprint density at radius 3 is 2.61 bits per heavy atom. The molecule has 2 aromatic carbocycles. The molecule has 0 saturated carbocycles. The van der Waals surface area contributed by atoms with Gasteiger partial charge in [0.15, 0.2) is 0 Å². The third-order valence-corrected chi connectivity index (χ3v) is 4.61. The molecule has 0 bridgehead atoms. The number of aliphatic hydroxyl groups excluding tert-OH is 1. The van der Waals surface area contributed by atoms with Crippen LogP contribution in [0.2, 0.25) is 0 Å². The summed E-state index contributed by atoms with van der Waals surface area (Å²) >= 11 is 0. The maximum absolute atomic E-state index is 12.9. The van der Waals surface area contributed by atoms with E-state index in [-0.39, 0.29) is 19.0 Å². The number of nitrogens with two attached hydrogens (primary N) is 2. The fourth-order valence-corrected chi connectivity index (χ4v) is 3.16. The number of carbonyl (C=O) groups is 1. The second-order valence-electron chi connectivity index (χ2n) is 6.71. The molecular formula is C21H23N5O2. The highest BCUT2D eigenvalue weighted by Gasteiger charge is 2.20. The number of benzene rings is 2. The van der Waals surface area contributed by atoms with Crippen LogP contribution in [0.3, 0.4) is 0 Å². The lowest BCUT2D eigenvalue weighted by Crippen LogP contribution is -2.40. The van der Waals surface area contributed by atoms with E-state index in [4.69, 9.17) is 16.7 Å². The third-order valence-electron chi connectivity index (χ3n) is 4.61. The lowest BCUT2D eigenvalue weighted by Gasteiger charge is -2.16. The number of aromatic nitrogens is 1. The van der Waals surface area contributed by atoms with Gasteiger partial charge in [0.1, 0.15) is 5.69 Å². The molecule has 0 aliphatic heterocycles. The molecule has 0 fully saturated rings. The maximum Gasteiger partial charge on any atom is 0.268 e. The Balaban J connectivity index is 1.90. The minimum absolute atomic E-state index is 0.131. The first kappa shape index (κ1) is 19.6. The number of para-hydroxylation sites is 1. The molecule has 7 N–H and O–H groups in total. The van der Waals surface area contributed by atoms with E-state index in [1.807, 2.05) is 36.4 Å². The number of hydrogen-bond acceptors (Lipinski definition) is 5. The van der Waals surface area contributed by atoms with Crippen LogP contribution in [0.25, 0.3) is 22.0 Å². The number of nitrogens with one attached hydrogen (secondary N) is 2. The molecule has 0 aliphatic rings. The van der Waals surface area contributed by atoms with Gasteiger partial charge in [-0.15, -0.1) is 0 Å². The minimum atomic E-state index is -0.686. The molecule has 3 rings (SSSR count). The summed E-state index contributed by atoms with van der Waals surface area (Å²) in [5, 5.41) is 22.4. The van der Waals surface area contributed by atoms with Gasteiger partial charge in [0, 0.05) is 35.6 Å². The Morgan fingerprint density at radius 1 is 1.21 bits per heavy atom. The van der Waals surface area contributed by atoms with Gasteiger partial charge in [-0.25, -0.2) is 0 Å². The molecule has 3 aromatic rings. The van der Waals surface area contributed by atoms with E-state index in [2.05, 4.69) is 16.4 Å². The van der Waals surface area contributed by atoms with E-state index >= 15 is 0 Å². The predicted octanol–water partition coefficient (Wildman–Crippen LogP) is 1.47. The number of H-pyrrole nitrogens is 1. The molecule has 7 nitrogen and oxygen atoms in total. The van der Waals surface area contributed by atoms with Crippen molar-refractivity contribution in [1.82, 2.24) is 10.3 Å². The van der Waals surface area contributed by atoms with Crippen molar-refractivity contribution in [1.29, 1.82) is 5.26 Å². The number of hydrogen-bond donors (Lipinski definition) is 5. The Hall–Kier alpha value is -3.18. The van der Waals surface area contributed by atoms with Gasteiger partial charge in [-0.1, -0.05) is 30.3 Å². The van der Waals surface area contributed by atoms with Crippen molar-refractivity contribution in [3.8, 4) is 17.2 Å². The van der Waals surface area contributed by atoms with Crippen LogP contribution in [0.4, 0.5) is 0 Å². The van der Waals surface area contributed by atoms with Gasteiger partial charge in [-0.3, -0.25) is 4.79 Å². The van der Waals surface area contributed by atoms with Crippen LogP contribution in [0.1, 0.15) is 22.5 Å². The van der Waals surface area contributed by atoms with Crippen molar-refractivity contribution in [3.05, 3.63) is 59.8 Å². The molecule has 2 atom stereocenters. The molecule has 1 unspecified atom stereocenters. The summed E-state index contributed by atoms with van der Waals surface area (Å²) in [6, 6.07) is 16.5. The number of amides is 1. The van der Waals surface area contributed by atoms with Gasteiger partial charge in [0.25, 0.3) is 5.91 Å². The van der Waals surface area contributed by atoms with E-state index < -0.39 is 12.1 Å². The Kier molecular flexibility index (Phi) is 6.06. The van der Waals surface area contributed by atoms with Crippen molar-refractivity contribution in [2.45, 2.75) is 18.6 Å². The number of nitriles is 1. The lowest BCUT2D eigenvalue weighted by molar-refractivity contribution is 0.0941. The van der Waals surface area contributed by atoms with Gasteiger partial charge in [0.2, 0.25) is 0 Å². The normalized spacial score (nSPS) is 13.1. The summed E-state index contributed by atoms with van der Waals surface area (Å²) in [7, 11) is 0. The van der Waals surface area contributed by atoms with Crippen LogP contribution in [-0.2, 0) is 0 Å². The standard InChI is InChI=1S/C21H23N5O2/c22-10-13-5-7-14(8-6-13)19-17-3-1-2-4-18(17)26-20(19)21(28)25-12-15(24)9-16(27)11-23/h1-8,15-16,26-27H,9,11-12,23-24H2,(H,25,28)/t15-,16?/m0/s1. The van der Waals surface area contributed by atoms with Gasteiger partial charge >= 0.3 is 0 Å². The maximum atomic E-state index is 12.9. The van der Waals surface area contributed by atoms with Gasteiger partial charge < -0.3 is 26.9 Å². The Labute approximate surface area is 163 Å². The highest BCUT2D eigenvalue weighted by molar-refractivity contribution is 6.09. The predicted molar refractivity (Wildman–Crippen MR) is 108 cm³/mol. The van der Waals surface area contributed by atoms with Crippen molar-refractivity contribution in [2.24, 2.45) is 11.5 Å². The SMILES string of the molecule is N#Cc1ccc(-c2c(C(=O)NC[C@@H](N)CC(O)CN)[nH]c3ccccc23)cc1. The summed E-state index contributed by atoms with van der Waals surface area (Å²) in [6.45, 7) is 0.352. The number of aliphatic hydroxyl groups is 1. The first-order chi connectivity index (χ1) is 13.5. The Bertz CT molecular complexity index is 1000. The average Bonchev–Trinajstić information content (AvgIpc) is 3.11. The molecule has 0 radical (unpaired) electrons. The van der Waals surface area contributed by atoms with Crippen LogP contribution >= 0.6 is 0 Å². The minimum Gasteiger partial charge on any atom is -0.392 e. The number of rotatable bonds is 7. The summed E-state index contributed by atoms with van der Waals surface area (Å²) in [4.78, 5) is 16.0. The summed E-state index contributed by atoms with van der Waals surface area (Å²) < 4.78 is 0. The van der Waals surface area contributed by atoms with E-state index in [9.17, 15) is 9.90 Å². The van der Waals surface area contributed by atoms with Crippen molar-refractivity contribution in [2.75, 3.05) is 13.1 Å². The number of carbonyl (C=O) groups excluding carboxylic acids is 1. The fraction of sp³-hybridized carbons (Fsp3) is 0.238. The highest BCUT2D eigenvalue weighted by atomic mass is 16.3. The zero-order valence-corrected chi connectivity index (χ0v) is 15.4. The molecule has 144 valence electrons. The van der Waals surface area contributed by atoms with E-state index in [1.165, 1.54) is 0 Å². The second-order valence-corrected chi connectivity index (χ2v) is 6.71. The van der Waals surface area contributed by atoms with Crippen LogP contribution in [0, 0.1) is 11.3 Å². The number of nitrogens with zero attached hydrogens (tertiary/aromatic N) is 1. The van der Waals surface area contributed by atoms with Crippen molar-refractivity contribution in [3.63, 3.8) is 0 Å². The average molecular weight is 377 g/mol.